The Bertz CT molecular complexity index is 935. The van der Waals surface area contributed by atoms with Gasteiger partial charge in [-0.25, -0.2) is 4.79 Å². The van der Waals surface area contributed by atoms with Crippen molar-refractivity contribution in [1.29, 1.82) is 0 Å². The van der Waals surface area contributed by atoms with Gasteiger partial charge in [-0.15, -0.1) is 0 Å². The molecule has 1 amide bonds. The minimum absolute atomic E-state index is 0.428. The van der Waals surface area contributed by atoms with Crippen LogP contribution in [0.5, 0.6) is 17.2 Å². The van der Waals surface area contributed by atoms with Crippen LogP contribution in [0.3, 0.4) is 0 Å². The molecule has 152 valence electrons. The van der Waals surface area contributed by atoms with Crippen molar-refractivity contribution in [3.8, 4) is 17.2 Å². The van der Waals surface area contributed by atoms with Crippen LogP contribution in [0.2, 0.25) is 0 Å². The van der Waals surface area contributed by atoms with E-state index < -0.39 is 17.4 Å². The van der Waals surface area contributed by atoms with Crippen molar-refractivity contribution in [3.63, 3.8) is 0 Å². The van der Waals surface area contributed by atoms with Crippen molar-refractivity contribution in [1.82, 2.24) is 5.32 Å². The number of methoxy groups -OCH3 is 1. The van der Waals surface area contributed by atoms with Crippen molar-refractivity contribution in [2.45, 2.75) is 31.2 Å². The van der Waals surface area contributed by atoms with E-state index in [1.54, 1.807) is 31.4 Å². The molecule has 0 atom stereocenters. The number of amides is 1. The van der Waals surface area contributed by atoms with Crippen LogP contribution < -0.4 is 14.8 Å². The van der Waals surface area contributed by atoms with Crippen LogP contribution >= 0.6 is 15.9 Å². The van der Waals surface area contributed by atoms with Crippen LogP contribution in [0, 0.1) is 0 Å². The average Bonchev–Trinajstić information content (AvgIpc) is 3.17. The van der Waals surface area contributed by atoms with Gasteiger partial charge in [0.1, 0.15) is 11.3 Å². The van der Waals surface area contributed by atoms with E-state index in [9.17, 15) is 14.7 Å². The summed E-state index contributed by atoms with van der Waals surface area (Å²) in [5.41, 5.74) is -0.421. The first-order valence-electron chi connectivity index (χ1n) is 9.27. The summed E-state index contributed by atoms with van der Waals surface area (Å²) in [4.78, 5) is 23.8. The third kappa shape index (κ3) is 5.17. The molecule has 0 aromatic heterocycles. The third-order valence-corrected chi connectivity index (χ3v) is 5.36. The number of hydrogen-bond acceptors (Lipinski definition) is 4. The smallest absolute Gasteiger partial charge is 0.329 e. The van der Waals surface area contributed by atoms with Gasteiger partial charge in [-0.05, 0) is 54.8 Å². The standard InChI is InChI=1S/C22H22BrNO5/c1-28-19-13-15(7-9-18(19)29-17-6-4-5-16(23)14-17)8-10-20(25)24-22(21(26)27)11-2-3-12-22/h4-10,13-14H,2-3,11-12H2,1H3,(H,24,25)(H,26,27)/b10-8+. The number of benzene rings is 2. The van der Waals surface area contributed by atoms with Crippen molar-refractivity contribution >= 4 is 33.9 Å². The van der Waals surface area contributed by atoms with Crippen LogP contribution in [0.15, 0.2) is 53.0 Å². The lowest BCUT2D eigenvalue weighted by atomic mass is 9.98. The monoisotopic (exact) mass is 459 g/mol. The summed E-state index contributed by atoms with van der Waals surface area (Å²) in [6.07, 6.45) is 5.46. The van der Waals surface area contributed by atoms with Gasteiger partial charge in [0.15, 0.2) is 11.5 Å². The Morgan fingerprint density at radius 2 is 1.90 bits per heavy atom. The Hall–Kier alpha value is -2.80. The van der Waals surface area contributed by atoms with Gasteiger partial charge in [-0.2, -0.15) is 0 Å². The number of nitrogens with one attached hydrogen (secondary N) is 1. The summed E-state index contributed by atoms with van der Waals surface area (Å²) in [7, 11) is 1.54. The van der Waals surface area contributed by atoms with Crippen molar-refractivity contribution in [3.05, 3.63) is 58.6 Å². The molecule has 1 fully saturated rings. The fourth-order valence-corrected chi connectivity index (χ4v) is 3.73. The topological polar surface area (TPSA) is 84.9 Å². The Kier molecular flexibility index (Phi) is 6.59. The summed E-state index contributed by atoms with van der Waals surface area (Å²) in [6, 6.07) is 12.8. The molecule has 0 saturated heterocycles. The fourth-order valence-electron chi connectivity index (χ4n) is 3.35. The normalized spacial score (nSPS) is 15.2. The lowest BCUT2D eigenvalue weighted by Crippen LogP contribution is -2.52. The van der Waals surface area contributed by atoms with Gasteiger partial charge in [0.2, 0.25) is 5.91 Å². The number of carbonyl (C=O) groups excluding carboxylic acids is 1. The molecule has 0 aliphatic heterocycles. The van der Waals surface area contributed by atoms with Gasteiger partial charge in [0.25, 0.3) is 0 Å². The number of rotatable bonds is 7. The molecule has 3 rings (SSSR count). The molecule has 2 aromatic carbocycles. The van der Waals surface area contributed by atoms with E-state index >= 15 is 0 Å². The van der Waals surface area contributed by atoms with Gasteiger partial charge in [-0.3, -0.25) is 4.79 Å². The highest BCUT2D eigenvalue weighted by Crippen LogP contribution is 2.33. The number of ether oxygens (including phenoxy) is 2. The Morgan fingerprint density at radius 3 is 2.55 bits per heavy atom. The molecule has 0 radical (unpaired) electrons. The molecule has 7 heteroatoms. The van der Waals surface area contributed by atoms with E-state index in [0.717, 1.165) is 22.9 Å². The SMILES string of the molecule is COc1cc(/C=C/C(=O)NC2(C(=O)O)CCCC2)ccc1Oc1cccc(Br)c1. The van der Waals surface area contributed by atoms with E-state index in [1.807, 2.05) is 24.3 Å². The fraction of sp³-hybridized carbons (Fsp3) is 0.273. The summed E-state index contributed by atoms with van der Waals surface area (Å²) in [5.74, 6) is 0.319. The highest BCUT2D eigenvalue weighted by atomic mass is 79.9. The zero-order valence-corrected chi connectivity index (χ0v) is 17.6. The number of aliphatic carboxylic acids is 1. The van der Waals surface area contributed by atoms with Gasteiger partial charge in [-0.1, -0.05) is 40.9 Å². The maximum absolute atomic E-state index is 12.3. The average molecular weight is 460 g/mol. The summed E-state index contributed by atoms with van der Waals surface area (Å²) in [5, 5.41) is 12.1. The molecule has 1 aliphatic carbocycles. The first kappa shape index (κ1) is 20.9. The van der Waals surface area contributed by atoms with Crippen LogP contribution in [-0.4, -0.2) is 29.6 Å². The molecule has 0 spiro atoms. The minimum Gasteiger partial charge on any atom is -0.493 e. The molecule has 6 nitrogen and oxygen atoms in total. The van der Waals surface area contributed by atoms with E-state index in [0.29, 0.717) is 30.1 Å². The van der Waals surface area contributed by atoms with Crippen LogP contribution in [0.25, 0.3) is 6.08 Å². The summed E-state index contributed by atoms with van der Waals surface area (Å²) < 4.78 is 12.2. The van der Waals surface area contributed by atoms with E-state index in [4.69, 9.17) is 9.47 Å². The number of carboxylic acids is 1. The zero-order valence-electron chi connectivity index (χ0n) is 16.0. The van der Waals surface area contributed by atoms with Crippen molar-refractivity contribution in [2.75, 3.05) is 7.11 Å². The molecular weight excluding hydrogens is 438 g/mol. The highest BCUT2D eigenvalue weighted by Gasteiger charge is 2.42. The lowest BCUT2D eigenvalue weighted by molar-refractivity contribution is -0.146. The van der Waals surface area contributed by atoms with Crippen LogP contribution in [-0.2, 0) is 9.59 Å². The highest BCUT2D eigenvalue weighted by molar-refractivity contribution is 9.10. The lowest BCUT2D eigenvalue weighted by Gasteiger charge is -2.24. The molecule has 0 heterocycles. The Balaban J connectivity index is 1.71. The molecule has 0 bridgehead atoms. The van der Waals surface area contributed by atoms with E-state index in [-0.39, 0.29) is 0 Å². The Morgan fingerprint density at radius 1 is 1.14 bits per heavy atom. The quantitative estimate of drug-likeness (QED) is 0.582. The van der Waals surface area contributed by atoms with Gasteiger partial charge in [0, 0.05) is 10.5 Å². The van der Waals surface area contributed by atoms with Gasteiger partial charge >= 0.3 is 5.97 Å². The van der Waals surface area contributed by atoms with Gasteiger partial charge in [0.05, 0.1) is 7.11 Å². The summed E-state index contributed by atoms with van der Waals surface area (Å²) >= 11 is 3.41. The van der Waals surface area contributed by atoms with Crippen molar-refractivity contribution < 1.29 is 24.2 Å². The second kappa shape index (κ2) is 9.13. The molecule has 2 aromatic rings. The molecular formula is C22H22BrNO5. The van der Waals surface area contributed by atoms with Gasteiger partial charge < -0.3 is 19.9 Å². The first-order chi connectivity index (χ1) is 13.9. The minimum atomic E-state index is -1.15. The molecule has 1 saturated carbocycles. The third-order valence-electron chi connectivity index (χ3n) is 4.87. The number of carboxylic acid groups (broad SMARTS) is 1. The second-order valence-corrected chi connectivity index (χ2v) is 7.80. The summed E-state index contributed by atoms with van der Waals surface area (Å²) in [6.45, 7) is 0. The maximum atomic E-state index is 12.3. The molecule has 1 aliphatic rings. The van der Waals surface area contributed by atoms with Crippen molar-refractivity contribution in [2.24, 2.45) is 0 Å². The van der Waals surface area contributed by atoms with E-state index in [1.165, 1.54) is 6.08 Å². The maximum Gasteiger partial charge on any atom is 0.329 e. The predicted octanol–water partition coefficient (Wildman–Crippen LogP) is 4.78. The van der Waals surface area contributed by atoms with Crippen LogP contribution in [0.4, 0.5) is 0 Å². The molecule has 2 N–H and O–H groups in total. The predicted molar refractivity (Wildman–Crippen MR) is 113 cm³/mol. The first-order valence-corrected chi connectivity index (χ1v) is 10.1. The number of carbonyl (C=O) groups is 2. The Labute approximate surface area is 177 Å². The van der Waals surface area contributed by atoms with E-state index in [2.05, 4.69) is 21.2 Å². The second-order valence-electron chi connectivity index (χ2n) is 6.89. The largest absolute Gasteiger partial charge is 0.493 e. The number of halogens is 1. The molecule has 0 unspecified atom stereocenters. The number of hydrogen-bond donors (Lipinski definition) is 2. The van der Waals surface area contributed by atoms with Crippen LogP contribution in [0.1, 0.15) is 31.2 Å². The molecule has 29 heavy (non-hydrogen) atoms. The zero-order chi connectivity index (χ0) is 20.9.